The second kappa shape index (κ2) is 5.21. The molecule has 0 spiro atoms. The highest BCUT2D eigenvalue weighted by Gasteiger charge is 2.39. The van der Waals surface area contributed by atoms with Gasteiger partial charge in [0.2, 0.25) is 0 Å². The molecule has 2 aromatic rings. The maximum Gasteiger partial charge on any atom is 0.287 e. The summed E-state index contributed by atoms with van der Waals surface area (Å²) >= 11 is 0. The van der Waals surface area contributed by atoms with Crippen LogP contribution in [0.15, 0.2) is 34.9 Å². The van der Waals surface area contributed by atoms with Crippen molar-refractivity contribution in [3.05, 3.63) is 42.0 Å². The quantitative estimate of drug-likeness (QED) is 0.911. The Morgan fingerprint density at radius 1 is 1.36 bits per heavy atom. The van der Waals surface area contributed by atoms with Crippen molar-refractivity contribution in [2.45, 2.75) is 37.4 Å². The predicted octanol–water partition coefficient (Wildman–Crippen LogP) is 2.10. The molecule has 0 aromatic carbocycles. The third-order valence-electron chi connectivity index (χ3n) is 4.44. The molecule has 2 aromatic heterocycles. The van der Waals surface area contributed by atoms with E-state index in [9.17, 15) is 9.18 Å². The van der Waals surface area contributed by atoms with E-state index in [1.165, 1.54) is 24.8 Å². The summed E-state index contributed by atoms with van der Waals surface area (Å²) in [6, 6.07) is 6.97. The molecule has 5 nitrogen and oxygen atoms in total. The van der Waals surface area contributed by atoms with Crippen LogP contribution in [0.5, 0.6) is 0 Å². The van der Waals surface area contributed by atoms with Crippen molar-refractivity contribution in [1.29, 1.82) is 0 Å². The van der Waals surface area contributed by atoms with E-state index in [0.717, 1.165) is 12.8 Å². The van der Waals surface area contributed by atoms with Crippen molar-refractivity contribution in [1.82, 2.24) is 15.6 Å². The lowest BCUT2D eigenvalue weighted by Gasteiger charge is -2.20. The first-order chi connectivity index (χ1) is 10.7. The normalized spacial score (nSPS) is 26.3. The van der Waals surface area contributed by atoms with Gasteiger partial charge in [-0.25, -0.2) is 9.37 Å². The van der Waals surface area contributed by atoms with Gasteiger partial charge >= 0.3 is 0 Å². The number of fused-ring (bicyclic) bond motifs is 2. The van der Waals surface area contributed by atoms with Crippen molar-refractivity contribution in [2.24, 2.45) is 0 Å². The molecule has 0 aliphatic carbocycles. The minimum atomic E-state index is -0.471. The van der Waals surface area contributed by atoms with E-state index < -0.39 is 5.82 Å². The zero-order valence-electron chi connectivity index (χ0n) is 11.9. The van der Waals surface area contributed by atoms with Crippen LogP contribution in [-0.2, 0) is 0 Å². The van der Waals surface area contributed by atoms with Gasteiger partial charge in [-0.05, 0) is 43.5 Å². The zero-order valence-corrected chi connectivity index (χ0v) is 11.9. The van der Waals surface area contributed by atoms with E-state index in [1.54, 1.807) is 12.1 Å². The van der Waals surface area contributed by atoms with E-state index >= 15 is 0 Å². The van der Waals surface area contributed by atoms with Crippen molar-refractivity contribution in [3.8, 4) is 11.5 Å². The second-order valence-corrected chi connectivity index (χ2v) is 5.86. The lowest BCUT2D eigenvalue weighted by atomic mass is 9.95. The van der Waals surface area contributed by atoms with Crippen LogP contribution in [0.1, 0.15) is 29.8 Å². The summed E-state index contributed by atoms with van der Waals surface area (Å²) < 4.78 is 19.2. The molecule has 1 amide bonds. The number of hydrogen-bond acceptors (Lipinski definition) is 4. The number of carbonyl (C=O) groups excluding carboxylic acids is 1. The van der Waals surface area contributed by atoms with Crippen LogP contribution in [0.3, 0.4) is 0 Å². The minimum absolute atomic E-state index is 0.114. The lowest BCUT2D eigenvalue weighted by molar-refractivity contribution is 0.0903. The first-order valence-corrected chi connectivity index (χ1v) is 7.48. The van der Waals surface area contributed by atoms with Crippen LogP contribution in [0.25, 0.3) is 11.5 Å². The highest BCUT2D eigenvalue weighted by molar-refractivity contribution is 5.92. The molecule has 0 unspecified atom stereocenters. The molecular weight excluding hydrogens is 285 g/mol. The first kappa shape index (κ1) is 13.5. The van der Waals surface area contributed by atoms with E-state index in [2.05, 4.69) is 15.6 Å². The Bertz CT molecular complexity index is 715. The molecule has 2 bridgehead atoms. The Balaban J connectivity index is 1.49. The van der Waals surface area contributed by atoms with Gasteiger partial charge in [0.15, 0.2) is 17.3 Å². The number of nitrogens with zero attached hydrogens (tertiary/aromatic N) is 1. The lowest BCUT2D eigenvalue weighted by Crippen LogP contribution is -2.42. The molecule has 6 heteroatoms. The van der Waals surface area contributed by atoms with Gasteiger partial charge in [0, 0.05) is 24.3 Å². The fraction of sp³-hybridized carbons (Fsp3) is 0.375. The minimum Gasteiger partial charge on any atom is -0.449 e. The Morgan fingerprint density at radius 3 is 3.00 bits per heavy atom. The second-order valence-electron chi connectivity index (χ2n) is 5.86. The maximum atomic E-state index is 13.7. The number of aromatic nitrogens is 1. The molecule has 2 saturated heterocycles. The van der Waals surface area contributed by atoms with Gasteiger partial charge in [-0.1, -0.05) is 0 Å². The van der Waals surface area contributed by atoms with Crippen LogP contribution < -0.4 is 10.6 Å². The number of hydrogen-bond donors (Lipinski definition) is 2. The molecule has 2 aliphatic rings. The summed E-state index contributed by atoms with van der Waals surface area (Å²) in [6.45, 7) is 0. The Morgan fingerprint density at radius 2 is 2.27 bits per heavy atom. The summed E-state index contributed by atoms with van der Waals surface area (Å²) in [7, 11) is 0. The summed E-state index contributed by atoms with van der Waals surface area (Å²) in [5, 5.41) is 6.46. The van der Waals surface area contributed by atoms with E-state index in [-0.39, 0.29) is 29.2 Å². The molecule has 3 atom stereocenters. The van der Waals surface area contributed by atoms with Crippen LogP contribution in [0.2, 0.25) is 0 Å². The van der Waals surface area contributed by atoms with Gasteiger partial charge in [-0.3, -0.25) is 4.79 Å². The molecule has 114 valence electrons. The third kappa shape index (κ3) is 2.29. The Labute approximate surface area is 126 Å². The molecule has 2 fully saturated rings. The number of halogens is 1. The Hall–Kier alpha value is -2.21. The maximum absolute atomic E-state index is 13.7. The molecule has 22 heavy (non-hydrogen) atoms. The molecular formula is C16H16FN3O2. The summed E-state index contributed by atoms with van der Waals surface area (Å²) in [5.41, 5.74) is 0.114. The fourth-order valence-corrected chi connectivity index (χ4v) is 3.38. The third-order valence-corrected chi connectivity index (χ3v) is 4.44. The van der Waals surface area contributed by atoms with Crippen molar-refractivity contribution in [2.75, 3.05) is 0 Å². The Kier molecular flexibility index (Phi) is 3.18. The van der Waals surface area contributed by atoms with Gasteiger partial charge in [-0.15, -0.1) is 0 Å². The predicted molar refractivity (Wildman–Crippen MR) is 77.7 cm³/mol. The molecule has 4 heterocycles. The topological polar surface area (TPSA) is 67.2 Å². The highest BCUT2D eigenvalue weighted by Crippen LogP contribution is 2.29. The van der Waals surface area contributed by atoms with Gasteiger partial charge in [0.1, 0.15) is 5.69 Å². The first-order valence-electron chi connectivity index (χ1n) is 7.48. The summed E-state index contributed by atoms with van der Waals surface area (Å²) in [6.07, 6.45) is 4.72. The summed E-state index contributed by atoms with van der Waals surface area (Å²) in [4.78, 5) is 16.2. The molecule has 0 radical (unpaired) electrons. The highest BCUT2D eigenvalue weighted by atomic mass is 19.1. The average molecular weight is 301 g/mol. The number of amides is 1. The number of rotatable bonds is 3. The van der Waals surface area contributed by atoms with Crippen LogP contribution in [0.4, 0.5) is 4.39 Å². The number of furan rings is 1. The molecule has 2 N–H and O–H groups in total. The molecule has 4 rings (SSSR count). The zero-order chi connectivity index (χ0) is 15.1. The van der Waals surface area contributed by atoms with Gasteiger partial charge in [-0.2, -0.15) is 0 Å². The van der Waals surface area contributed by atoms with Crippen molar-refractivity contribution < 1.29 is 13.6 Å². The van der Waals surface area contributed by atoms with Gasteiger partial charge in [0.05, 0.1) is 0 Å². The molecule has 2 aliphatic heterocycles. The van der Waals surface area contributed by atoms with E-state index in [0.29, 0.717) is 12.1 Å². The number of pyridine rings is 1. The van der Waals surface area contributed by atoms with E-state index in [1.807, 2.05) is 0 Å². The SMILES string of the molecule is O=C(N[C@@H]1C[C@H]2CC[C@@H]1N2)c1ccc(-c2ncccc2F)o1. The summed E-state index contributed by atoms with van der Waals surface area (Å²) in [5.74, 6) is -0.291. The smallest absolute Gasteiger partial charge is 0.287 e. The molecule has 0 saturated carbocycles. The number of carbonyl (C=O) groups is 1. The van der Waals surface area contributed by atoms with Gasteiger partial charge in [0.25, 0.3) is 5.91 Å². The van der Waals surface area contributed by atoms with Crippen LogP contribution in [-0.4, -0.2) is 29.0 Å². The number of nitrogens with one attached hydrogen (secondary N) is 2. The van der Waals surface area contributed by atoms with Crippen molar-refractivity contribution in [3.63, 3.8) is 0 Å². The largest absolute Gasteiger partial charge is 0.449 e. The fourth-order valence-electron chi connectivity index (χ4n) is 3.38. The van der Waals surface area contributed by atoms with Crippen LogP contribution >= 0.6 is 0 Å². The standard InChI is InChI=1S/C16H16FN3O2/c17-10-2-1-7-18-15(10)13-5-6-14(22-13)16(21)20-12-8-9-3-4-11(12)19-9/h1-2,5-7,9,11-12,19H,3-4,8H2,(H,20,21)/t9-,11+,12-/m1/s1. The van der Waals surface area contributed by atoms with Gasteiger partial charge < -0.3 is 15.1 Å². The van der Waals surface area contributed by atoms with Crippen molar-refractivity contribution >= 4 is 5.91 Å². The monoisotopic (exact) mass is 301 g/mol. The average Bonchev–Trinajstić information content (AvgIpc) is 3.24. The van der Waals surface area contributed by atoms with Crippen LogP contribution in [0, 0.1) is 5.82 Å². The van der Waals surface area contributed by atoms with E-state index in [4.69, 9.17) is 4.42 Å².